The average molecular weight is 428 g/mol. The van der Waals surface area contributed by atoms with Crippen LogP contribution in [-0.2, 0) is 4.74 Å². The highest BCUT2D eigenvalue weighted by molar-refractivity contribution is 7.12. The summed E-state index contributed by atoms with van der Waals surface area (Å²) >= 11 is 1.40. The number of aromatic nitrogens is 1. The van der Waals surface area contributed by atoms with Gasteiger partial charge in [-0.3, -0.25) is 14.5 Å². The number of carbonyl (C=O) groups is 3. The second-order valence-corrected chi connectivity index (χ2v) is 8.67. The van der Waals surface area contributed by atoms with Crippen molar-refractivity contribution in [1.29, 1.82) is 0 Å². The maximum Gasteiger partial charge on any atom is 0.410 e. The van der Waals surface area contributed by atoms with Crippen LogP contribution in [-0.4, -0.2) is 77.0 Å². The van der Waals surface area contributed by atoms with Crippen LogP contribution in [0.3, 0.4) is 0 Å². The van der Waals surface area contributed by atoms with Crippen molar-refractivity contribution in [2.24, 2.45) is 0 Å². The van der Waals surface area contributed by atoms with E-state index in [0.717, 1.165) is 0 Å². The van der Waals surface area contributed by atoms with Crippen LogP contribution in [0.1, 0.15) is 26.5 Å². The summed E-state index contributed by atoms with van der Waals surface area (Å²) in [5, 5.41) is 13.1. The van der Waals surface area contributed by atoms with Gasteiger partial charge in [0, 0.05) is 31.8 Å². The Kier molecular flexibility index (Phi) is 4.58. The highest BCUT2D eigenvalue weighted by Gasteiger charge is 2.52. The molecule has 10 heteroatoms. The summed E-state index contributed by atoms with van der Waals surface area (Å²) in [6.45, 7) is 1.75. The molecular formula is C20H20N4O5S. The summed E-state index contributed by atoms with van der Waals surface area (Å²) in [6.07, 6.45) is 2.52. The summed E-state index contributed by atoms with van der Waals surface area (Å²) < 4.78 is 6.19. The first-order valence-electron chi connectivity index (χ1n) is 9.81. The lowest BCUT2D eigenvalue weighted by Crippen LogP contribution is -2.47. The maximum atomic E-state index is 12.7. The predicted molar refractivity (Wildman–Crippen MR) is 106 cm³/mol. The molecule has 3 fully saturated rings. The van der Waals surface area contributed by atoms with Crippen molar-refractivity contribution in [3.05, 3.63) is 57.7 Å². The molecule has 5 heterocycles. The molecule has 5 rings (SSSR count). The quantitative estimate of drug-likeness (QED) is 0.536. The minimum Gasteiger partial charge on any atom is -0.619 e. The van der Waals surface area contributed by atoms with Crippen molar-refractivity contribution in [2.45, 2.75) is 24.6 Å². The Bertz CT molecular complexity index is 980. The Hall–Kier alpha value is -3.14. The summed E-state index contributed by atoms with van der Waals surface area (Å²) in [4.78, 5) is 43.7. The molecular weight excluding hydrogens is 408 g/mol. The number of fused-ring (bicyclic) bond motifs is 1. The number of carbonyl (C=O) groups excluding carboxylic acids is 3. The molecule has 156 valence electrons. The van der Waals surface area contributed by atoms with Crippen molar-refractivity contribution in [2.75, 3.05) is 26.2 Å². The van der Waals surface area contributed by atoms with Crippen LogP contribution in [0.4, 0.5) is 4.79 Å². The first kappa shape index (κ1) is 18.9. The van der Waals surface area contributed by atoms with Gasteiger partial charge in [-0.15, -0.1) is 11.3 Å². The number of pyridine rings is 1. The van der Waals surface area contributed by atoms with Gasteiger partial charge in [0.2, 0.25) is 0 Å². The molecule has 0 saturated carbocycles. The van der Waals surface area contributed by atoms with Crippen LogP contribution in [0.25, 0.3) is 0 Å². The van der Waals surface area contributed by atoms with E-state index in [4.69, 9.17) is 4.74 Å². The lowest BCUT2D eigenvalue weighted by molar-refractivity contribution is -0.605. The van der Waals surface area contributed by atoms with Gasteiger partial charge in [0.25, 0.3) is 11.8 Å². The van der Waals surface area contributed by atoms with Crippen LogP contribution in [0.15, 0.2) is 42.0 Å². The van der Waals surface area contributed by atoms with E-state index in [1.807, 2.05) is 11.4 Å². The van der Waals surface area contributed by atoms with E-state index in [9.17, 15) is 19.6 Å². The van der Waals surface area contributed by atoms with E-state index in [1.54, 1.807) is 20.8 Å². The summed E-state index contributed by atoms with van der Waals surface area (Å²) in [6, 6.07) is 6.28. The number of nitrogens with zero attached hydrogens (tertiary/aromatic N) is 4. The van der Waals surface area contributed by atoms with E-state index in [1.165, 1.54) is 35.9 Å². The molecule has 3 saturated heterocycles. The van der Waals surface area contributed by atoms with Gasteiger partial charge in [-0.05, 0) is 17.9 Å². The van der Waals surface area contributed by atoms with Gasteiger partial charge in [-0.1, -0.05) is 6.07 Å². The first-order chi connectivity index (χ1) is 14.5. The molecule has 0 radical (unpaired) electrons. The Morgan fingerprint density at radius 1 is 1.10 bits per heavy atom. The number of ether oxygens (including phenoxy) is 1. The van der Waals surface area contributed by atoms with Crippen molar-refractivity contribution < 1.29 is 23.9 Å². The zero-order valence-electron chi connectivity index (χ0n) is 16.0. The van der Waals surface area contributed by atoms with Gasteiger partial charge in [0.05, 0.1) is 29.1 Å². The van der Waals surface area contributed by atoms with Gasteiger partial charge in [0.1, 0.15) is 6.10 Å². The molecule has 9 nitrogen and oxygen atoms in total. The van der Waals surface area contributed by atoms with Crippen molar-refractivity contribution in [1.82, 2.24) is 14.7 Å². The fourth-order valence-electron chi connectivity index (χ4n) is 4.50. The topological polar surface area (TPSA) is 97.1 Å². The molecule has 1 unspecified atom stereocenters. The van der Waals surface area contributed by atoms with Crippen molar-refractivity contribution >= 4 is 29.2 Å². The number of hydrogen-bond donors (Lipinski definition) is 0. The van der Waals surface area contributed by atoms with Gasteiger partial charge in [0.15, 0.2) is 12.4 Å². The SMILES string of the molecule is O=C(c1cc[n+]([O-])cc1)N1CCC(N2C(=O)O[C@H]3CN(C(=O)c4cccs4)C[C@H]32)C1. The number of amides is 3. The second-order valence-electron chi connectivity index (χ2n) is 7.72. The van der Waals surface area contributed by atoms with Crippen LogP contribution in [0, 0.1) is 5.21 Å². The number of likely N-dealkylation sites (tertiary alicyclic amines) is 2. The third-order valence-electron chi connectivity index (χ3n) is 5.97. The third-order valence-corrected chi connectivity index (χ3v) is 6.83. The summed E-state index contributed by atoms with van der Waals surface area (Å²) in [5.41, 5.74) is 0.443. The average Bonchev–Trinajstić information content (AvgIpc) is 3.51. The molecule has 3 aliphatic heterocycles. The minimum atomic E-state index is -0.375. The van der Waals surface area contributed by atoms with Crippen LogP contribution in [0.5, 0.6) is 0 Å². The second kappa shape index (κ2) is 7.28. The minimum absolute atomic E-state index is 0.0432. The van der Waals surface area contributed by atoms with Gasteiger partial charge < -0.3 is 19.7 Å². The lowest BCUT2D eigenvalue weighted by atomic mass is 10.1. The third kappa shape index (κ3) is 3.17. The van der Waals surface area contributed by atoms with Crippen molar-refractivity contribution in [3.8, 4) is 0 Å². The zero-order chi connectivity index (χ0) is 20.8. The zero-order valence-corrected chi connectivity index (χ0v) is 16.9. The molecule has 0 spiro atoms. The molecule has 3 atom stereocenters. The molecule has 3 aliphatic rings. The van der Waals surface area contributed by atoms with Crippen LogP contribution < -0.4 is 4.73 Å². The van der Waals surface area contributed by atoms with E-state index in [-0.39, 0.29) is 36.1 Å². The van der Waals surface area contributed by atoms with E-state index in [2.05, 4.69) is 0 Å². The molecule has 0 aromatic carbocycles. The molecule has 30 heavy (non-hydrogen) atoms. The van der Waals surface area contributed by atoms with Gasteiger partial charge >= 0.3 is 6.09 Å². The fraction of sp³-hybridized carbons (Fsp3) is 0.400. The first-order valence-corrected chi connectivity index (χ1v) is 10.7. The number of hydrogen-bond acceptors (Lipinski definition) is 6. The smallest absolute Gasteiger partial charge is 0.410 e. The fourth-order valence-corrected chi connectivity index (χ4v) is 5.19. The van der Waals surface area contributed by atoms with Gasteiger partial charge in [-0.25, -0.2) is 4.79 Å². The van der Waals surface area contributed by atoms with Crippen LogP contribution >= 0.6 is 11.3 Å². The molecule has 0 N–H and O–H groups in total. The summed E-state index contributed by atoms with van der Waals surface area (Å²) in [7, 11) is 0. The Balaban J connectivity index is 1.27. The molecule has 0 aliphatic carbocycles. The predicted octanol–water partition coefficient (Wildman–Crippen LogP) is 0.941. The molecule has 2 aromatic rings. The molecule has 2 aromatic heterocycles. The lowest BCUT2D eigenvalue weighted by Gasteiger charge is -2.28. The Labute approximate surface area is 176 Å². The van der Waals surface area contributed by atoms with Crippen molar-refractivity contribution in [3.63, 3.8) is 0 Å². The summed E-state index contributed by atoms with van der Waals surface area (Å²) in [5.74, 6) is -0.207. The Morgan fingerprint density at radius 2 is 1.90 bits per heavy atom. The number of thiophene rings is 1. The standard InChI is InChI=1S/C20H20N4O5S/c25-18(13-3-7-23(28)8-4-13)21-6-5-14(10-21)24-15-11-22(12-16(15)29-20(24)27)19(26)17-2-1-9-30-17/h1-4,7-9,14-16H,5-6,10-12H2/t14?,15-,16+/m1/s1. The highest BCUT2D eigenvalue weighted by Crippen LogP contribution is 2.33. The highest BCUT2D eigenvalue weighted by atomic mass is 32.1. The monoisotopic (exact) mass is 428 g/mol. The maximum absolute atomic E-state index is 12.7. The van der Waals surface area contributed by atoms with E-state index >= 15 is 0 Å². The van der Waals surface area contributed by atoms with Gasteiger partial charge in [-0.2, -0.15) is 4.73 Å². The molecule has 3 amide bonds. The van der Waals surface area contributed by atoms with E-state index in [0.29, 0.717) is 47.8 Å². The molecule has 0 bridgehead atoms. The normalized spacial score (nSPS) is 25.5. The van der Waals surface area contributed by atoms with E-state index < -0.39 is 0 Å². The largest absolute Gasteiger partial charge is 0.619 e. The van der Waals surface area contributed by atoms with Crippen LogP contribution in [0.2, 0.25) is 0 Å². The Morgan fingerprint density at radius 3 is 2.63 bits per heavy atom. The number of rotatable bonds is 3.